The average Bonchev–Trinajstić information content (AvgIpc) is 2.40. The van der Waals surface area contributed by atoms with Gasteiger partial charge in [0.1, 0.15) is 18.3 Å². The van der Waals surface area contributed by atoms with Gasteiger partial charge in [0.05, 0.1) is 19.3 Å². The average molecular weight is 267 g/mol. The molecular weight excluding hydrogens is 246 g/mol. The molecule has 0 unspecified atom stereocenters. The number of amides is 1. The monoisotopic (exact) mass is 267 g/mol. The smallest absolute Gasteiger partial charge is 0.251 e. The Morgan fingerprint density at radius 3 is 2.00 bits per heavy atom. The first-order valence-corrected chi connectivity index (χ1v) is 5.63. The molecule has 1 amide bonds. The molecule has 5 atom stereocenters. The van der Waals surface area contributed by atoms with Gasteiger partial charge in [-0.3, -0.25) is 4.79 Å². The summed E-state index contributed by atoms with van der Waals surface area (Å²) in [6, 6.07) is -0.570. The summed E-state index contributed by atoms with van der Waals surface area (Å²) in [6.45, 7) is 0.558. The first-order chi connectivity index (χ1) is 8.38. The van der Waals surface area contributed by atoms with Crippen LogP contribution in [0.3, 0.4) is 0 Å². The van der Waals surface area contributed by atoms with Crippen LogP contribution >= 0.6 is 0 Å². The summed E-state index contributed by atoms with van der Waals surface area (Å²) in [5.74, 6) is -0.979. The van der Waals surface area contributed by atoms with Gasteiger partial charge in [-0.1, -0.05) is 6.92 Å². The Bertz CT molecular complexity index is 246. The third kappa shape index (κ3) is 4.84. The second kappa shape index (κ2) is 8.35. The van der Waals surface area contributed by atoms with E-state index >= 15 is 0 Å². The fraction of sp³-hybridized carbons (Fsp3) is 0.900. The summed E-state index contributed by atoms with van der Waals surface area (Å²) in [6.07, 6.45) is -7.01. The van der Waals surface area contributed by atoms with Gasteiger partial charge in [-0.05, 0) is 6.42 Å². The Labute approximate surface area is 105 Å². The fourth-order valence-corrected chi connectivity index (χ4v) is 1.24. The normalized spacial score (nSPS) is 19.7. The zero-order valence-electron chi connectivity index (χ0n) is 10.1. The van der Waals surface area contributed by atoms with Gasteiger partial charge in [-0.15, -0.1) is 0 Å². The van der Waals surface area contributed by atoms with Crippen molar-refractivity contribution in [1.29, 1.82) is 0 Å². The summed E-state index contributed by atoms with van der Waals surface area (Å²) in [5, 5.41) is 56.9. The molecule has 0 aliphatic rings. The third-order valence-electron chi connectivity index (χ3n) is 2.58. The van der Waals surface area contributed by atoms with E-state index in [4.69, 9.17) is 15.3 Å². The minimum absolute atomic E-state index is 0.327. The molecule has 0 aromatic heterocycles. The lowest BCUT2D eigenvalue weighted by atomic mass is 10.0. The molecular formula is C10H21NO7. The maximum Gasteiger partial charge on any atom is 0.251 e. The molecule has 0 radical (unpaired) electrons. The highest BCUT2D eigenvalue weighted by Gasteiger charge is 2.34. The summed E-state index contributed by atoms with van der Waals surface area (Å²) >= 11 is 0. The number of hydrogen-bond donors (Lipinski definition) is 7. The summed E-state index contributed by atoms with van der Waals surface area (Å²) in [4.78, 5) is 11.4. The Morgan fingerprint density at radius 2 is 1.61 bits per heavy atom. The van der Waals surface area contributed by atoms with Gasteiger partial charge >= 0.3 is 0 Å². The number of carbonyl (C=O) groups excluding carboxylic acids is 1. The highest BCUT2D eigenvalue weighted by molar-refractivity contribution is 5.81. The van der Waals surface area contributed by atoms with Crippen LogP contribution in [0.25, 0.3) is 0 Å². The zero-order valence-corrected chi connectivity index (χ0v) is 10.1. The fourth-order valence-electron chi connectivity index (χ4n) is 1.24. The molecule has 0 spiro atoms. The van der Waals surface area contributed by atoms with Gasteiger partial charge in [-0.25, -0.2) is 0 Å². The van der Waals surface area contributed by atoms with Gasteiger partial charge < -0.3 is 36.0 Å². The maximum atomic E-state index is 11.4. The van der Waals surface area contributed by atoms with Crippen molar-refractivity contribution in [2.75, 3.05) is 13.2 Å². The lowest BCUT2D eigenvalue weighted by Gasteiger charge is -2.26. The standard InChI is InChI=1S/C10H21NO7/c1-2-5(3-12)11-10(18)9(17)8(16)7(15)6(14)4-13/h5-9,12-17H,2-4H2,1H3,(H,11,18)/t5-,6-,7-,8-,9-/m1/s1. The van der Waals surface area contributed by atoms with Crippen LogP contribution < -0.4 is 5.32 Å². The molecule has 0 aliphatic heterocycles. The summed E-state index contributed by atoms with van der Waals surface area (Å²) < 4.78 is 0. The number of aliphatic hydroxyl groups is 6. The van der Waals surface area contributed by atoms with Gasteiger partial charge in [-0.2, -0.15) is 0 Å². The van der Waals surface area contributed by atoms with Crippen molar-refractivity contribution in [2.24, 2.45) is 0 Å². The van der Waals surface area contributed by atoms with Crippen molar-refractivity contribution in [3.63, 3.8) is 0 Å². The van der Waals surface area contributed by atoms with Crippen LogP contribution in [0, 0.1) is 0 Å². The Balaban J connectivity index is 4.44. The van der Waals surface area contributed by atoms with E-state index in [1.807, 2.05) is 0 Å². The van der Waals surface area contributed by atoms with Crippen LogP contribution in [-0.2, 0) is 4.79 Å². The van der Waals surface area contributed by atoms with E-state index in [-0.39, 0.29) is 6.61 Å². The molecule has 0 heterocycles. The van der Waals surface area contributed by atoms with Gasteiger partial charge in [0.15, 0.2) is 6.10 Å². The minimum Gasteiger partial charge on any atom is -0.394 e. The topological polar surface area (TPSA) is 150 Å². The first-order valence-electron chi connectivity index (χ1n) is 5.63. The molecule has 0 aliphatic carbocycles. The molecule has 18 heavy (non-hydrogen) atoms. The molecule has 8 heteroatoms. The molecule has 0 rings (SSSR count). The second-order valence-electron chi connectivity index (χ2n) is 3.97. The van der Waals surface area contributed by atoms with Crippen molar-refractivity contribution in [3.05, 3.63) is 0 Å². The lowest BCUT2D eigenvalue weighted by molar-refractivity contribution is -0.149. The van der Waals surface area contributed by atoms with E-state index in [0.717, 1.165) is 0 Å². The number of aliphatic hydroxyl groups excluding tert-OH is 6. The maximum absolute atomic E-state index is 11.4. The number of hydrogen-bond acceptors (Lipinski definition) is 7. The highest BCUT2D eigenvalue weighted by atomic mass is 16.4. The van der Waals surface area contributed by atoms with Gasteiger partial charge in [0.25, 0.3) is 5.91 Å². The van der Waals surface area contributed by atoms with Crippen molar-refractivity contribution in [2.45, 2.75) is 43.8 Å². The SMILES string of the molecule is CC[C@H](CO)NC(=O)[C@H](O)[C@H](O)[C@H](O)[C@H](O)CO. The molecule has 7 N–H and O–H groups in total. The summed E-state index contributed by atoms with van der Waals surface area (Å²) in [7, 11) is 0. The van der Waals surface area contributed by atoms with Crippen molar-refractivity contribution >= 4 is 5.91 Å². The molecule has 8 nitrogen and oxygen atoms in total. The molecule has 0 fully saturated rings. The molecule has 0 bridgehead atoms. The Morgan fingerprint density at radius 1 is 1.06 bits per heavy atom. The van der Waals surface area contributed by atoms with E-state index in [0.29, 0.717) is 6.42 Å². The van der Waals surface area contributed by atoms with Crippen molar-refractivity contribution in [1.82, 2.24) is 5.32 Å². The molecule has 0 saturated heterocycles. The molecule has 0 aromatic carbocycles. The van der Waals surface area contributed by atoms with E-state index in [9.17, 15) is 20.1 Å². The molecule has 0 saturated carbocycles. The number of rotatable bonds is 8. The predicted octanol–water partition coefficient (Wildman–Crippen LogP) is -3.69. The van der Waals surface area contributed by atoms with Crippen LogP contribution in [0.4, 0.5) is 0 Å². The largest absolute Gasteiger partial charge is 0.394 e. The third-order valence-corrected chi connectivity index (χ3v) is 2.58. The van der Waals surface area contributed by atoms with Gasteiger partial charge in [0, 0.05) is 0 Å². The van der Waals surface area contributed by atoms with Crippen molar-refractivity contribution in [3.8, 4) is 0 Å². The van der Waals surface area contributed by atoms with Gasteiger partial charge in [0.2, 0.25) is 0 Å². The van der Waals surface area contributed by atoms with Crippen LogP contribution in [0.5, 0.6) is 0 Å². The highest BCUT2D eigenvalue weighted by Crippen LogP contribution is 2.06. The zero-order chi connectivity index (χ0) is 14.3. The van der Waals surface area contributed by atoms with E-state index in [2.05, 4.69) is 5.32 Å². The van der Waals surface area contributed by atoms with Crippen LogP contribution in [-0.4, -0.2) is 80.2 Å². The molecule has 0 aromatic rings. The van der Waals surface area contributed by atoms with E-state index in [1.54, 1.807) is 6.92 Å². The van der Waals surface area contributed by atoms with Crippen LogP contribution in [0.2, 0.25) is 0 Å². The first kappa shape index (κ1) is 17.2. The number of carbonyl (C=O) groups is 1. The van der Waals surface area contributed by atoms with E-state index < -0.39 is 43.0 Å². The Kier molecular flexibility index (Phi) is 8.00. The Hall–Kier alpha value is -0.770. The number of nitrogens with one attached hydrogen (secondary N) is 1. The summed E-state index contributed by atoms with van der Waals surface area (Å²) in [5.41, 5.74) is 0. The second-order valence-corrected chi connectivity index (χ2v) is 3.97. The van der Waals surface area contributed by atoms with Crippen LogP contribution in [0.15, 0.2) is 0 Å². The van der Waals surface area contributed by atoms with Crippen molar-refractivity contribution < 1.29 is 35.4 Å². The predicted molar refractivity (Wildman–Crippen MR) is 60.4 cm³/mol. The minimum atomic E-state index is -1.97. The lowest BCUT2D eigenvalue weighted by Crippen LogP contribution is -2.53. The quantitative estimate of drug-likeness (QED) is 0.239. The molecule has 108 valence electrons. The van der Waals surface area contributed by atoms with Crippen LogP contribution in [0.1, 0.15) is 13.3 Å². The van der Waals surface area contributed by atoms with E-state index in [1.165, 1.54) is 0 Å².